The van der Waals surface area contributed by atoms with Crippen LogP contribution >= 0.6 is 0 Å². The minimum absolute atomic E-state index is 0.319. The maximum atomic E-state index is 12.5. The Morgan fingerprint density at radius 1 is 0.833 bits per heavy atom. The molecule has 0 fully saturated rings. The Hall–Kier alpha value is -3.08. The largest absolute Gasteiger partial charge is 0.494 e. The smallest absolute Gasteiger partial charge is 0.343 e. The summed E-state index contributed by atoms with van der Waals surface area (Å²) in [5.41, 5.74) is 1.81. The van der Waals surface area contributed by atoms with Crippen LogP contribution in [-0.4, -0.2) is 25.2 Å². The molecule has 0 aliphatic carbocycles. The van der Waals surface area contributed by atoms with Crippen molar-refractivity contribution in [3.63, 3.8) is 0 Å². The fourth-order valence-corrected chi connectivity index (χ4v) is 3.49. The van der Waals surface area contributed by atoms with E-state index in [1.807, 2.05) is 6.92 Å². The summed E-state index contributed by atoms with van der Waals surface area (Å²) in [6.45, 7) is 9.18. The van der Waals surface area contributed by atoms with Gasteiger partial charge in [-0.05, 0) is 67.3 Å². The van der Waals surface area contributed by atoms with Gasteiger partial charge in [-0.25, -0.2) is 9.59 Å². The molecule has 0 aliphatic heterocycles. The first kappa shape index (κ1) is 29.2. The van der Waals surface area contributed by atoms with Gasteiger partial charge in [0.15, 0.2) is 0 Å². The number of carbonyl (C=O) groups is 2. The normalized spacial score (nSPS) is 12.2. The van der Waals surface area contributed by atoms with Crippen LogP contribution in [0.1, 0.15) is 95.0 Å². The second-order valence-electron chi connectivity index (χ2n) is 9.39. The van der Waals surface area contributed by atoms with Gasteiger partial charge in [0.05, 0.1) is 18.8 Å². The summed E-state index contributed by atoms with van der Waals surface area (Å²) in [6.07, 6.45) is 11.4. The lowest BCUT2D eigenvalue weighted by Gasteiger charge is -2.10. The monoisotopic (exact) mass is 494 g/mol. The second kappa shape index (κ2) is 16.6. The zero-order valence-electron chi connectivity index (χ0n) is 22.4. The Bertz CT molecular complexity index is 944. The maximum Gasteiger partial charge on any atom is 0.343 e. The highest BCUT2D eigenvalue weighted by atomic mass is 16.5. The number of benzene rings is 2. The SMILES string of the molecule is CCCCCCCCCOc1ccc(C(=O)Oc2ccc(C=C(C)C(=O)OC[C@@H](C)CC)cc2)cc1. The average Bonchev–Trinajstić information content (AvgIpc) is 2.89. The molecule has 0 aliphatic rings. The van der Waals surface area contributed by atoms with E-state index in [4.69, 9.17) is 14.2 Å². The van der Waals surface area contributed by atoms with Crippen molar-refractivity contribution in [1.29, 1.82) is 0 Å². The van der Waals surface area contributed by atoms with E-state index in [0.717, 1.165) is 24.2 Å². The zero-order valence-corrected chi connectivity index (χ0v) is 22.4. The van der Waals surface area contributed by atoms with Crippen LogP contribution in [0.25, 0.3) is 6.08 Å². The first-order valence-electron chi connectivity index (χ1n) is 13.3. The Morgan fingerprint density at radius 3 is 2.08 bits per heavy atom. The molecule has 0 radical (unpaired) electrons. The number of hydrogen-bond donors (Lipinski definition) is 0. The van der Waals surface area contributed by atoms with Gasteiger partial charge in [-0.1, -0.05) is 77.8 Å². The van der Waals surface area contributed by atoms with Crippen LogP contribution in [0.5, 0.6) is 11.5 Å². The summed E-state index contributed by atoms with van der Waals surface area (Å²) >= 11 is 0. The van der Waals surface area contributed by atoms with Crippen molar-refractivity contribution in [3.8, 4) is 11.5 Å². The zero-order chi connectivity index (χ0) is 26.2. The summed E-state index contributed by atoms with van der Waals surface area (Å²) in [4.78, 5) is 24.6. The molecule has 0 heterocycles. The van der Waals surface area contributed by atoms with Crippen molar-refractivity contribution >= 4 is 18.0 Å². The summed E-state index contributed by atoms with van der Waals surface area (Å²) < 4.78 is 16.6. The van der Waals surface area contributed by atoms with Crippen LogP contribution in [0.15, 0.2) is 54.1 Å². The molecule has 0 N–H and O–H groups in total. The maximum absolute atomic E-state index is 12.5. The molecule has 0 aromatic heterocycles. The quantitative estimate of drug-likeness (QED) is 0.102. The van der Waals surface area contributed by atoms with E-state index in [1.165, 1.54) is 38.5 Å². The highest BCUT2D eigenvalue weighted by molar-refractivity contribution is 5.93. The molecule has 0 saturated heterocycles. The molecule has 0 amide bonds. The molecule has 2 aromatic carbocycles. The molecule has 196 valence electrons. The van der Waals surface area contributed by atoms with Crippen LogP contribution < -0.4 is 9.47 Å². The average molecular weight is 495 g/mol. The van der Waals surface area contributed by atoms with Gasteiger partial charge in [0.2, 0.25) is 0 Å². The second-order valence-corrected chi connectivity index (χ2v) is 9.39. The van der Waals surface area contributed by atoms with Gasteiger partial charge in [-0.15, -0.1) is 0 Å². The number of esters is 2. The van der Waals surface area contributed by atoms with Gasteiger partial charge in [-0.2, -0.15) is 0 Å². The number of hydrogen-bond acceptors (Lipinski definition) is 5. The third-order valence-electron chi connectivity index (χ3n) is 6.10. The van der Waals surface area contributed by atoms with Crippen molar-refractivity contribution in [2.24, 2.45) is 5.92 Å². The number of ether oxygens (including phenoxy) is 3. The van der Waals surface area contributed by atoms with Gasteiger partial charge in [0.1, 0.15) is 11.5 Å². The molecule has 5 heteroatoms. The van der Waals surface area contributed by atoms with Crippen LogP contribution in [0.4, 0.5) is 0 Å². The molecular weight excluding hydrogens is 452 g/mol. The standard InChI is InChI=1S/C31H42O5/c1-5-7-8-9-10-11-12-21-34-28-19-15-27(16-20-28)31(33)36-29-17-13-26(14-18-29)22-25(4)30(32)35-23-24(3)6-2/h13-20,22,24H,5-12,21,23H2,1-4H3/t24-/m0/s1. The van der Waals surface area contributed by atoms with Crippen molar-refractivity contribution in [1.82, 2.24) is 0 Å². The van der Waals surface area contributed by atoms with E-state index in [-0.39, 0.29) is 5.97 Å². The molecule has 36 heavy (non-hydrogen) atoms. The van der Waals surface area contributed by atoms with Gasteiger partial charge in [0, 0.05) is 5.57 Å². The first-order chi connectivity index (χ1) is 17.4. The van der Waals surface area contributed by atoms with E-state index in [9.17, 15) is 9.59 Å². The van der Waals surface area contributed by atoms with Crippen molar-refractivity contribution in [2.45, 2.75) is 79.1 Å². The highest BCUT2D eigenvalue weighted by Gasteiger charge is 2.10. The molecule has 2 rings (SSSR count). The predicted molar refractivity (Wildman–Crippen MR) is 145 cm³/mol. The Morgan fingerprint density at radius 2 is 1.44 bits per heavy atom. The van der Waals surface area contributed by atoms with Gasteiger partial charge in [0.25, 0.3) is 0 Å². The van der Waals surface area contributed by atoms with Crippen molar-refractivity contribution < 1.29 is 23.8 Å². The summed E-state index contributed by atoms with van der Waals surface area (Å²) in [6, 6.07) is 14.1. The van der Waals surface area contributed by atoms with E-state index >= 15 is 0 Å². The lowest BCUT2D eigenvalue weighted by atomic mass is 10.1. The van der Waals surface area contributed by atoms with Crippen molar-refractivity contribution in [3.05, 3.63) is 65.2 Å². The molecule has 0 bridgehead atoms. The molecule has 0 saturated carbocycles. The molecule has 5 nitrogen and oxygen atoms in total. The third kappa shape index (κ3) is 11.1. The number of rotatable bonds is 16. The fourth-order valence-electron chi connectivity index (χ4n) is 3.49. The highest BCUT2D eigenvalue weighted by Crippen LogP contribution is 2.19. The first-order valence-corrected chi connectivity index (χ1v) is 13.3. The number of carbonyl (C=O) groups excluding carboxylic acids is 2. The molecule has 0 spiro atoms. The summed E-state index contributed by atoms with van der Waals surface area (Å²) in [5.74, 6) is 0.789. The topological polar surface area (TPSA) is 61.8 Å². The van der Waals surface area contributed by atoms with Crippen LogP contribution in [0.2, 0.25) is 0 Å². The Labute approximate surface area is 216 Å². The van der Waals surface area contributed by atoms with Crippen molar-refractivity contribution in [2.75, 3.05) is 13.2 Å². The van der Waals surface area contributed by atoms with E-state index in [2.05, 4.69) is 13.8 Å². The molecule has 2 aromatic rings. The minimum atomic E-state index is -0.429. The Kier molecular flexibility index (Phi) is 13.4. The lowest BCUT2D eigenvalue weighted by molar-refractivity contribution is -0.140. The summed E-state index contributed by atoms with van der Waals surface area (Å²) in [5, 5.41) is 0. The summed E-state index contributed by atoms with van der Waals surface area (Å²) in [7, 11) is 0. The third-order valence-corrected chi connectivity index (χ3v) is 6.10. The Balaban J connectivity index is 1.77. The van der Waals surface area contributed by atoms with E-state index < -0.39 is 5.97 Å². The van der Waals surface area contributed by atoms with Crippen LogP contribution in [0, 0.1) is 5.92 Å². The van der Waals surface area contributed by atoms with E-state index in [1.54, 1.807) is 61.5 Å². The van der Waals surface area contributed by atoms with Crippen LogP contribution in [-0.2, 0) is 9.53 Å². The predicted octanol–water partition coefficient (Wildman–Crippen LogP) is 8.03. The molecular formula is C31H42O5. The minimum Gasteiger partial charge on any atom is -0.494 e. The number of unbranched alkanes of at least 4 members (excludes halogenated alkanes) is 6. The lowest BCUT2D eigenvalue weighted by Crippen LogP contribution is -2.12. The molecule has 1 atom stereocenters. The fraction of sp³-hybridized carbons (Fsp3) is 0.484. The van der Waals surface area contributed by atoms with Gasteiger partial charge < -0.3 is 14.2 Å². The van der Waals surface area contributed by atoms with Gasteiger partial charge in [-0.3, -0.25) is 0 Å². The van der Waals surface area contributed by atoms with Gasteiger partial charge >= 0.3 is 11.9 Å². The van der Waals surface area contributed by atoms with Crippen LogP contribution in [0.3, 0.4) is 0 Å². The van der Waals surface area contributed by atoms with E-state index in [0.29, 0.717) is 36.0 Å². The molecule has 0 unspecified atom stereocenters.